The van der Waals surface area contributed by atoms with Gasteiger partial charge < -0.3 is 10.1 Å². The smallest absolute Gasteiger partial charge is 0.0608 e. The molecule has 0 bridgehead atoms. The lowest BCUT2D eigenvalue weighted by Crippen LogP contribution is -2.39. The lowest BCUT2D eigenvalue weighted by Gasteiger charge is -2.30. The van der Waals surface area contributed by atoms with Crippen molar-refractivity contribution in [3.05, 3.63) is 0 Å². The molecule has 0 aromatic rings. The Morgan fingerprint density at radius 2 is 2.21 bits per heavy atom. The molecule has 2 aliphatic rings. The van der Waals surface area contributed by atoms with Gasteiger partial charge in [-0.2, -0.15) is 0 Å². The lowest BCUT2D eigenvalue weighted by atomic mass is 10.2. The van der Waals surface area contributed by atoms with Gasteiger partial charge in [0, 0.05) is 11.3 Å². The largest absolute Gasteiger partial charge is 0.379 e. The summed E-state index contributed by atoms with van der Waals surface area (Å²) in [5, 5.41) is 5.33. The van der Waals surface area contributed by atoms with Crippen LogP contribution in [-0.4, -0.2) is 36.3 Å². The van der Waals surface area contributed by atoms with Gasteiger partial charge in [0.05, 0.1) is 18.5 Å². The molecular formula is C11H21NOS. The van der Waals surface area contributed by atoms with Gasteiger partial charge in [0.2, 0.25) is 0 Å². The lowest BCUT2D eigenvalue weighted by molar-refractivity contribution is 0.0452. The van der Waals surface area contributed by atoms with Crippen LogP contribution in [0.3, 0.4) is 0 Å². The van der Waals surface area contributed by atoms with E-state index in [-0.39, 0.29) is 0 Å². The molecule has 0 spiro atoms. The summed E-state index contributed by atoms with van der Waals surface area (Å²) in [5.41, 5.74) is 0. The second kappa shape index (κ2) is 5.38. The first-order chi connectivity index (χ1) is 6.90. The molecule has 1 aliphatic carbocycles. The molecule has 1 saturated heterocycles. The predicted octanol–water partition coefficient (Wildman–Crippen LogP) is 2.04. The van der Waals surface area contributed by atoms with Gasteiger partial charge >= 0.3 is 0 Å². The van der Waals surface area contributed by atoms with Crippen LogP contribution in [0.2, 0.25) is 0 Å². The molecule has 0 amide bonds. The van der Waals surface area contributed by atoms with Crippen molar-refractivity contribution < 1.29 is 4.74 Å². The van der Waals surface area contributed by atoms with E-state index in [9.17, 15) is 0 Å². The molecule has 2 nitrogen and oxygen atoms in total. The summed E-state index contributed by atoms with van der Waals surface area (Å²) in [6.45, 7) is 5.40. The molecule has 1 N–H and O–H groups in total. The maximum Gasteiger partial charge on any atom is 0.0608 e. The second-order valence-electron chi connectivity index (χ2n) is 4.33. The van der Waals surface area contributed by atoms with Gasteiger partial charge in [-0.1, -0.05) is 13.3 Å². The average molecular weight is 215 g/mol. The highest BCUT2D eigenvalue weighted by atomic mass is 32.2. The zero-order valence-corrected chi connectivity index (χ0v) is 9.81. The minimum Gasteiger partial charge on any atom is -0.379 e. The molecule has 2 unspecified atom stereocenters. The average Bonchev–Trinajstić information content (AvgIpc) is 2.55. The summed E-state index contributed by atoms with van der Waals surface area (Å²) in [6.07, 6.45) is 5.45. The van der Waals surface area contributed by atoms with Gasteiger partial charge in [-0.05, 0) is 25.8 Å². The summed E-state index contributed by atoms with van der Waals surface area (Å²) >= 11 is 2.17. The first-order valence-electron chi connectivity index (χ1n) is 5.86. The van der Waals surface area contributed by atoms with E-state index in [1.165, 1.54) is 32.2 Å². The van der Waals surface area contributed by atoms with Crippen LogP contribution in [0.5, 0.6) is 0 Å². The van der Waals surface area contributed by atoms with Crippen molar-refractivity contribution in [2.45, 2.75) is 49.1 Å². The first kappa shape index (κ1) is 10.8. The van der Waals surface area contributed by atoms with Crippen LogP contribution < -0.4 is 5.32 Å². The van der Waals surface area contributed by atoms with Gasteiger partial charge in [0.1, 0.15) is 0 Å². The number of thioether (sulfide) groups is 1. The number of hydrogen-bond donors (Lipinski definition) is 1. The number of nitrogens with one attached hydrogen (secondary N) is 1. The quantitative estimate of drug-likeness (QED) is 0.758. The van der Waals surface area contributed by atoms with Crippen LogP contribution in [0, 0.1) is 0 Å². The molecule has 0 radical (unpaired) electrons. The van der Waals surface area contributed by atoms with E-state index in [0.717, 1.165) is 29.8 Å². The van der Waals surface area contributed by atoms with Crippen molar-refractivity contribution in [2.24, 2.45) is 0 Å². The third-order valence-corrected chi connectivity index (χ3v) is 4.65. The fraction of sp³-hybridized carbons (Fsp3) is 1.00. The molecule has 14 heavy (non-hydrogen) atoms. The van der Waals surface area contributed by atoms with E-state index < -0.39 is 0 Å². The van der Waals surface area contributed by atoms with E-state index in [4.69, 9.17) is 4.74 Å². The molecule has 1 heterocycles. The summed E-state index contributed by atoms with van der Waals surface area (Å²) < 4.78 is 5.22. The van der Waals surface area contributed by atoms with Crippen LogP contribution in [0.1, 0.15) is 32.6 Å². The Morgan fingerprint density at radius 1 is 1.36 bits per heavy atom. The van der Waals surface area contributed by atoms with Crippen molar-refractivity contribution in [1.29, 1.82) is 0 Å². The van der Waals surface area contributed by atoms with Gasteiger partial charge in [-0.3, -0.25) is 0 Å². The molecule has 2 atom stereocenters. The van der Waals surface area contributed by atoms with Gasteiger partial charge in [-0.25, -0.2) is 0 Å². The monoisotopic (exact) mass is 215 g/mol. The van der Waals surface area contributed by atoms with Gasteiger partial charge in [0.25, 0.3) is 0 Å². The van der Waals surface area contributed by atoms with Crippen LogP contribution in [0.25, 0.3) is 0 Å². The first-order valence-corrected chi connectivity index (χ1v) is 6.81. The summed E-state index contributed by atoms with van der Waals surface area (Å²) in [5.74, 6) is 0. The highest BCUT2D eigenvalue weighted by Crippen LogP contribution is 2.34. The minimum absolute atomic E-state index is 0.778. The molecule has 1 saturated carbocycles. The highest BCUT2D eigenvalue weighted by Gasteiger charge is 2.31. The molecule has 3 heteroatoms. The maximum absolute atomic E-state index is 5.22. The van der Waals surface area contributed by atoms with Crippen molar-refractivity contribution in [3.63, 3.8) is 0 Å². The van der Waals surface area contributed by atoms with Crippen LogP contribution in [0.15, 0.2) is 0 Å². The molecule has 82 valence electrons. The summed E-state index contributed by atoms with van der Waals surface area (Å²) in [6, 6.07) is 0.778. The molecule has 2 rings (SSSR count). The number of ether oxygens (including phenoxy) is 1. The summed E-state index contributed by atoms with van der Waals surface area (Å²) in [4.78, 5) is 0. The van der Waals surface area contributed by atoms with Crippen LogP contribution >= 0.6 is 11.8 Å². The summed E-state index contributed by atoms with van der Waals surface area (Å²) in [7, 11) is 0. The van der Waals surface area contributed by atoms with E-state index >= 15 is 0 Å². The Bertz CT molecular complexity index is 173. The molecule has 2 fully saturated rings. The third kappa shape index (κ3) is 2.65. The van der Waals surface area contributed by atoms with Crippen molar-refractivity contribution in [3.8, 4) is 0 Å². The predicted molar refractivity (Wildman–Crippen MR) is 61.9 cm³/mol. The van der Waals surface area contributed by atoms with Crippen molar-refractivity contribution in [2.75, 3.05) is 19.8 Å². The minimum atomic E-state index is 0.778. The van der Waals surface area contributed by atoms with Crippen molar-refractivity contribution in [1.82, 2.24) is 5.32 Å². The van der Waals surface area contributed by atoms with E-state index in [0.29, 0.717) is 0 Å². The molecule has 0 aromatic heterocycles. The Labute approximate surface area is 91.2 Å². The van der Waals surface area contributed by atoms with E-state index in [2.05, 4.69) is 24.0 Å². The fourth-order valence-electron chi connectivity index (χ4n) is 2.19. The second-order valence-corrected chi connectivity index (χ2v) is 5.87. The zero-order valence-electron chi connectivity index (χ0n) is 9.00. The third-order valence-electron chi connectivity index (χ3n) is 3.08. The topological polar surface area (TPSA) is 21.3 Å². The fourth-order valence-corrected chi connectivity index (χ4v) is 3.76. The van der Waals surface area contributed by atoms with Crippen molar-refractivity contribution >= 4 is 11.8 Å². The Balaban J connectivity index is 1.71. The number of rotatable bonds is 5. The van der Waals surface area contributed by atoms with Crippen LogP contribution in [-0.2, 0) is 4.74 Å². The van der Waals surface area contributed by atoms with Gasteiger partial charge in [0.15, 0.2) is 0 Å². The van der Waals surface area contributed by atoms with Crippen LogP contribution in [0.4, 0.5) is 0 Å². The van der Waals surface area contributed by atoms with Gasteiger partial charge in [-0.15, -0.1) is 11.8 Å². The molecular weight excluding hydrogens is 194 g/mol. The Hall–Kier alpha value is 0.270. The normalized spacial score (nSPS) is 33.2. The molecule has 0 aromatic carbocycles. The zero-order chi connectivity index (χ0) is 9.80. The SMILES string of the molecule is CCCNC1CCCC1SC1COC1. The Kier molecular flexibility index (Phi) is 4.14. The standard InChI is InChI=1S/C11H21NOS/c1-2-6-12-10-4-3-5-11(10)14-9-7-13-8-9/h9-12H,2-8H2,1H3. The highest BCUT2D eigenvalue weighted by molar-refractivity contribution is 8.00. The van der Waals surface area contributed by atoms with E-state index in [1.54, 1.807) is 0 Å². The Morgan fingerprint density at radius 3 is 2.86 bits per heavy atom. The molecule has 1 aliphatic heterocycles. The van der Waals surface area contributed by atoms with E-state index in [1.807, 2.05) is 0 Å². The maximum atomic E-state index is 5.22. The number of hydrogen-bond acceptors (Lipinski definition) is 3.